The predicted octanol–water partition coefficient (Wildman–Crippen LogP) is 3.16. The maximum atomic E-state index is 12.0. The molecule has 0 fully saturated rings. The van der Waals surface area contributed by atoms with Gasteiger partial charge in [0.15, 0.2) is 5.16 Å². The van der Waals surface area contributed by atoms with Crippen LogP contribution < -0.4 is 5.56 Å². The van der Waals surface area contributed by atoms with Crippen LogP contribution in [0.1, 0.15) is 35.7 Å². The molecule has 0 aliphatic heterocycles. The van der Waals surface area contributed by atoms with Crippen LogP contribution in [0.25, 0.3) is 0 Å². The lowest BCUT2D eigenvalue weighted by Gasteiger charge is -2.09. The third kappa shape index (κ3) is 2.99. The Labute approximate surface area is 132 Å². The molecule has 1 N–H and O–H groups in total. The Morgan fingerprint density at radius 3 is 3.10 bits per heavy atom. The average Bonchev–Trinajstić information content (AvgIpc) is 2.94. The molecule has 0 spiro atoms. The molecule has 0 saturated heterocycles. The van der Waals surface area contributed by atoms with Gasteiger partial charge in [-0.3, -0.25) is 4.79 Å². The van der Waals surface area contributed by atoms with Gasteiger partial charge < -0.3 is 4.98 Å². The Bertz CT molecular complexity index is 729. The van der Waals surface area contributed by atoms with Crippen molar-refractivity contribution in [1.29, 1.82) is 0 Å². The second kappa shape index (κ2) is 6.20. The van der Waals surface area contributed by atoms with E-state index in [-0.39, 0.29) is 5.56 Å². The number of hydrogen-bond donors (Lipinski definition) is 1. The molecule has 0 atom stereocenters. The van der Waals surface area contributed by atoms with Gasteiger partial charge in [-0.2, -0.15) is 0 Å². The number of nitrogens with zero attached hydrogens (tertiary/aromatic N) is 2. The van der Waals surface area contributed by atoms with E-state index in [0.29, 0.717) is 16.1 Å². The van der Waals surface area contributed by atoms with Crippen molar-refractivity contribution < 1.29 is 0 Å². The largest absolute Gasteiger partial charge is 0.301 e. The fraction of sp³-hybridized carbons (Fsp3) is 0.400. The van der Waals surface area contributed by atoms with Crippen LogP contribution in [0.2, 0.25) is 5.15 Å². The number of thioether (sulfide) groups is 1. The van der Waals surface area contributed by atoms with E-state index in [0.717, 1.165) is 42.5 Å². The van der Waals surface area contributed by atoms with Crippen molar-refractivity contribution in [2.45, 2.75) is 43.5 Å². The number of pyridine rings is 1. The van der Waals surface area contributed by atoms with E-state index >= 15 is 0 Å². The minimum absolute atomic E-state index is 0.00741. The summed E-state index contributed by atoms with van der Waals surface area (Å²) in [4.78, 5) is 23.5. The molecule has 1 aliphatic rings. The monoisotopic (exact) mass is 321 g/mol. The molecule has 3 rings (SSSR count). The zero-order chi connectivity index (χ0) is 14.8. The van der Waals surface area contributed by atoms with E-state index in [2.05, 4.69) is 21.9 Å². The third-order valence-electron chi connectivity index (χ3n) is 3.75. The summed E-state index contributed by atoms with van der Waals surface area (Å²) in [6.07, 6.45) is 5.41. The Morgan fingerprint density at radius 2 is 2.29 bits per heavy atom. The molecule has 0 aromatic carbocycles. The lowest BCUT2D eigenvalue weighted by molar-refractivity contribution is 0.869. The maximum Gasteiger partial charge on any atom is 0.254 e. The van der Waals surface area contributed by atoms with Crippen LogP contribution in [0.15, 0.2) is 22.2 Å². The molecule has 110 valence electrons. The molecule has 0 unspecified atom stereocenters. The first-order valence-corrected chi connectivity index (χ1v) is 8.42. The van der Waals surface area contributed by atoms with Crippen molar-refractivity contribution in [3.05, 3.63) is 50.2 Å². The van der Waals surface area contributed by atoms with Gasteiger partial charge in [0.05, 0.1) is 5.69 Å². The van der Waals surface area contributed by atoms with Gasteiger partial charge in [-0.1, -0.05) is 30.3 Å². The highest BCUT2D eigenvalue weighted by Gasteiger charge is 2.17. The number of halogens is 1. The minimum atomic E-state index is 0.00741. The van der Waals surface area contributed by atoms with Gasteiger partial charge in [0.2, 0.25) is 0 Å². The molecule has 4 nitrogen and oxygen atoms in total. The first-order chi connectivity index (χ1) is 10.2. The minimum Gasteiger partial charge on any atom is -0.301 e. The summed E-state index contributed by atoms with van der Waals surface area (Å²) in [6.45, 7) is 2.09. The number of rotatable bonds is 4. The van der Waals surface area contributed by atoms with Crippen LogP contribution in [-0.2, 0) is 25.0 Å². The van der Waals surface area contributed by atoms with Crippen LogP contribution in [0.5, 0.6) is 0 Å². The molecule has 2 aromatic rings. The molecular formula is C15H16ClN3OS. The molecule has 0 radical (unpaired) electrons. The highest BCUT2D eigenvalue weighted by molar-refractivity contribution is 7.98. The van der Waals surface area contributed by atoms with Crippen molar-refractivity contribution in [2.24, 2.45) is 0 Å². The molecule has 0 bridgehead atoms. The van der Waals surface area contributed by atoms with E-state index in [1.54, 1.807) is 6.20 Å². The summed E-state index contributed by atoms with van der Waals surface area (Å²) in [6, 6.07) is 1.99. The number of aromatic amines is 1. The SMILES string of the molecule is CCc1ccnc(Cl)c1CSc1nc2c(c(=O)[nH]1)CCC2. The van der Waals surface area contributed by atoms with Gasteiger partial charge in [0.1, 0.15) is 5.15 Å². The summed E-state index contributed by atoms with van der Waals surface area (Å²) < 4.78 is 0. The normalized spacial score (nSPS) is 13.4. The summed E-state index contributed by atoms with van der Waals surface area (Å²) in [5.74, 6) is 0.664. The molecule has 2 aromatic heterocycles. The van der Waals surface area contributed by atoms with Crippen molar-refractivity contribution in [1.82, 2.24) is 15.0 Å². The van der Waals surface area contributed by atoms with E-state index in [4.69, 9.17) is 11.6 Å². The van der Waals surface area contributed by atoms with E-state index in [1.165, 1.54) is 17.3 Å². The van der Waals surface area contributed by atoms with Crippen LogP contribution in [0.3, 0.4) is 0 Å². The van der Waals surface area contributed by atoms with Gasteiger partial charge in [-0.15, -0.1) is 0 Å². The van der Waals surface area contributed by atoms with Crippen LogP contribution in [0.4, 0.5) is 0 Å². The maximum absolute atomic E-state index is 12.0. The standard InChI is InChI=1S/C15H16ClN3OS/c1-2-9-6-7-17-13(16)11(9)8-21-15-18-12-5-3-4-10(12)14(20)19-15/h6-7H,2-5,8H2,1H3,(H,18,19,20). The van der Waals surface area contributed by atoms with E-state index in [9.17, 15) is 4.79 Å². The number of fused-ring (bicyclic) bond motifs is 1. The fourth-order valence-corrected chi connectivity index (χ4v) is 3.88. The number of aryl methyl sites for hydroxylation is 2. The number of nitrogens with one attached hydrogen (secondary N) is 1. The second-order valence-corrected chi connectivity index (χ2v) is 6.35. The van der Waals surface area contributed by atoms with Crippen molar-refractivity contribution in [2.75, 3.05) is 0 Å². The van der Waals surface area contributed by atoms with Crippen LogP contribution in [0, 0.1) is 0 Å². The third-order valence-corrected chi connectivity index (χ3v) is 4.98. The van der Waals surface area contributed by atoms with Gasteiger partial charge in [0.25, 0.3) is 5.56 Å². The zero-order valence-electron chi connectivity index (χ0n) is 11.8. The van der Waals surface area contributed by atoms with E-state index < -0.39 is 0 Å². The van der Waals surface area contributed by atoms with Crippen molar-refractivity contribution in [3.63, 3.8) is 0 Å². The second-order valence-electron chi connectivity index (χ2n) is 5.03. The Balaban J connectivity index is 1.83. The van der Waals surface area contributed by atoms with Gasteiger partial charge in [0, 0.05) is 23.1 Å². The number of hydrogen-bond acceptors (Lipinski definition) is 4. The lowest BCUT2D eigenvalue weighted by atomic mass is 10.1. The van der Waals surface area contributed by atoms with Crippen molar-refractivity contribution in [3.8, 4) is 0 Å². The van der Waals surface area contributed by atoms with Crippen molar-refractivity contribution >= 4 is 23.4 Å². The predicted molar refractivity (Wildman–Crippen MR) is 85.1 cm³/mol. The Morgan fingerprint density at radius 1 is 1.43 bits per heavy atom. The first-order valence-electron chi connectivity index (χ1n) is 7.06. The van der Waals surface area contributed by atoms with Crippen LogP contribution in [-0.4, -0.2) is 15.0 Å². The van der Waals surface area contributed by atoms with Gasteiger partial charge >= 0.3 is 0 Å². The number of aromatic nitrogens is 3. The molecule has 2 heterocycles. The van der Waals surface area contributed by atoms with Crippen LogP contribution >= 0.6 is 23.4 Å². The summed E-state index contributed by atoms with van der Waals surface area (Å²) in [5.41, 5.74) is 4.02. The summed E-state index contributed by atoms with van der Waals surface area (Å²) in [5, 5.41) is 1.20. The summed E-state index contributed by atoms with van der Waals surface area (Å²) >= 11 is 7.69. The van der Waals surface area contributed by atoms with Gasteiger partial charge in [-0.25, -0.2) is 9.97 Å². The summed E-state index contributed by atoms with van der Waals surface area (Å²) in [7, 11) is 0. The molecule has 21 heavy (non-hydrogen) atoms. The zero-order valence-corrected chi connectivity index (χ0v) is 13.4. The average molecular weight is 322 g/mol. The number of H-pyrrole nitrogens is 1. The Kier molecular flexibility index (Phi) is 4.31. The molecule has 0 saturated carbocycles. The fourth-order valence-electron chi connectivity index (χ4n) is 2.61. The highest BCUT2D eigenvalue weighted by Crippen LogP contribution is 2.27. The topological polar surface area (TPSA) is 58.6 Å². The molecule has 6 heteroatoms. The molecular weight excluding hydrogens is 306 g/mol. The van der Waals surface area contributed by atoms with Gasteiger partial charge in [-0.05, 0) is 37.3 Å². The lowest BCUT2D eigenvalue weighted by Crippen LogP contribution is -2.15. The molecule has 1 aliphatic carbocycles. The molecule has 0 amide bonds. The van der Waals surface area contributed by atoms with E-state index in [1.807, 2.05) is 6.07 Å². The highest BCUT2D eigenvalue weighted by atomic mass is 35.5. The quantitative estimate of drug-likeness (QED) is 0.534. The Hall–Kier alpha value is -1.33. The smallest absolute Gasteiger partial charge is 0.254 e. The first kappa shape index (κ1) is 14.6.